The molecule has 1 fully saturated rings. The molecular formula is C19H26O5. The van der Waals surface area contributed by atoms with E-state index in [1.807, 2.05) is 58.0 Å². The summed E-state index contributed by atoms with van der Waals surface area (Å²) in [6, 6.07) is 9.58. The van der Waals surface area contributed by atoms with Gasteiger partial charge < -0.3 is 14.2 Å². The van der Waals surface area contributed by atoms with E-state index in [1.165, 1.54) is 7.11 Å². The van der Waals surface area contributed by atoms with Gasteiger partial charge in [0.1, 0.15) is 5.60 Å². The fourth-order valence-corrected chi connectivity index (χ4v) is 3.02. The van der Waals surface area contributed by atoms with Gasteiger partial charge >= 0.3 is 11.9 Å². The fraction of sp³-hybridized carbons (Fsp3) is 0.579. The van der Waals surface area contributed by atoms with Crippen molar-refractivity contribution in [2.24, 2.45) is 11.8 Å². The maximum absolute atomic E-state index is 12.7. The molecule has 1 aliphatic rings. The Kier molecular flexibility index (Phi) is 5.65. The maximum atomic E-state index is 12.7. The molecule has 1 aromatic rings. The van der Waals surface area contributed by atoms with E-state index in [4.69, 9.17) is 14.2 Å². The van der Waals surface area contributed by atoms with Crippen molar-refractivity contribution in [2.45, 2.75) is 51.9 Å². The zero-order valence-electron chi connectivity index (χ0n) is 14.9. The van der Waals surface area contributed by atoms with Crippen molar-refractivity contribution >= 4 is 11.9 Å². The van der Waals surface area contributed by atoms with Crippen LogP contribution in [0.2, 0.25) is 0 Å². The van der Waals surface area contributed by atoms with Gasteiger partial charge in [0.05, 0.1) is 31.7 Å². The first kappa shape index (κ1) is 18.5. The van der Waals surface area contributed by atoms with Gasteiger partial charge in [0.25, 0.3) is 0 Å². The van der Waals surface area contributed by atoms with Gasteiger partial charge in [0.2, 0.25) is 0 Å². The van der Waals surface area contributed by atoms with Crippen molar-refractivity contribution in [1.82, 2.24) is 0 Å². The van der Waals surface area contributed by atoms with Crippen molar-refractivity contribution in [3.05, 3.63) is 35.9 Å². The Balaban J connectivity index is 2.27. The number of esters is 2. The van der Waals surface area contributed by atoms with Crippen LogP contribution in [-0.4, -0.2) is 30.8 Å². The first-order chi connectivity index (χ1) is 11.2. The molecule has 5 heteroatoms. The summed E-state index contributed by atoms with van der Waals surface area (Å²) in [5, 5.41) is 0. The third-order valence-corrected chi connectivity index (χ3v) is 4.20. The highest BCUT2D eigenvalue weighted by molar-refractivity contribution is 5.75. The number of carbonyl (C=O) groups is 2. The molecule has 0 unspecified atom stereocenters. The number of hydrogen-bond acceptors (Lipinski definition) is 5. The number of carbonyl (C=O) groups excluding carboxylic acids is 2. The predicted molar refractivity (Wildman–Crippen MR) is 89.2 cm³/mol. The van der Waals surface area contributed by atoms with Crippen LogP contribution >= 0.6 is 0 Å². The van der Waals surface area contributed by atoms with E-state index >= 15 is 0 Å². The van der Waals surface area contributed by atoms with Crippen LogP contribution in [0.25, 0.3) is 0 Å². The van der Waals surface area contributed by atoms with Gasteiger partial charge in [0, 0.05) is 0 Å². The molecule has 0 N–H and O–H groups in total. The summed E-state index contributed by atoms with van der Waals surface area (Å²) in [4.78, 5) is 24.4. The Morgan fingerprint density at radius 1 is 1.17 bits per heavy atom. The largest absolute Gasteiger partial charge is 0.469 e. The lowest BCUT2D eigenvalue weighted by Crippen LogP contribution is -2.33. The topological polar surface area (TPSA) is 61.8 Å². The average Bonchev–Trinajstić information content (AvgIpc) is 2.83. The Morgan fingerprint density at radius 2 is 1.79 bits per heavy atom. The molecule has 0 radical (unpaired) electrons. The third kappa shape index (κ3) is 4.35. The van der Waals surface area contributed by atoms with Gasteiger partial charge in [0.15, 0.2) is 0 Å². The van der Waals surface area contributed by atoms with Crippen molar-refractivity contribution in [1.29, 1.82) is 0 Å². The quantitative estimate of drug-likeness (QED) is 0.791. The minimum atomic E-state index is -0.571. The summed E-state index contributed by atoms with van der Waals surface area (Å²) in [7, 11) is 1.35. The van der Waals surface area contributed by atoms with Crippen molar-refractivity contribution in [3.8, 4) is 0 Å². The van der Waals surface area contributed by atoms with Crippen molar-refractivity contribution < 1.29 is 23.8 Å². The Labute approximate surface area is 143 Å². The van der Waals surface area contributed by atoms with E-state index < -0.39 is 17.6 Å². The summed E-state index contributed by atoms with van der Waals surface area (Å²) >= 11 is 0. The second kappa shape index (κ2) is 7.34. The second-order valence-corrected chi connectivity index (χ2v) is 7.20. The molecule has 4 atom stereocenters. The molecule has 0 aromatic heterocycles. The highest BCUT2D eigenvalue weighted by Gasteiger charge is 2.48. The van der Waals surface area contributed by atoms with E-state index in [2.05, 4.69) is 0 Å². The maximum Gasteiger partial charge on any atom is 0.312 e. The lowest BCUT2D eigenvalue weighted by Gasteiger charge is -2.26. The normalized spacial score (nSPS) is 26.9. The van der Waals surface area contributed by atoms with E-state index in [-0.39, 0.29) is 30.4 Å². The summed E-state index contributed by atoms with van der Waals surface area (Å²) in [5.41, 5.74) is 0.339. The number of ether oxygens (including phenoxy) is 3. The van der Waals surface area contributed by atoms with Crippen molar-refractivity contribution in [3.63, 3.8) is 0 Å². The van der Waals surface area contributed by atoms with Crippen LogP contribution < -0.4 is 0 Å². The van der Waals surface area contributed by atoms with Crippen LogP contribution in [0.5, 0.6) is 0 Å². The highest BCUT2D eigenvalue weighted by atomic mass is 16.6. The highest BCUT2D eigenvalue weighted by Crippen LogP contribution is 2.44. The molecule has 0 saturated carbocycles. The molecular weight excluding hydrogens is 308 g/mol. The van der Waals surface area contributed by atoms with E-state index in [9.17, 15) is 9.59 Å². The van der Waals surface area contributed by atoms with Crippen LogP contribution in [0.15, 0.2) is 30.3 Å². The minimum absolute atomic E-state index is 0.125. The molecule has 1 aliphatic heterocycles. The van der Waals surface area contributed by atoms with Gasteiger partial charge in [-0.2, -0.15) is 0 Å². The molecule has 0 aliphatic carbocycles. The number of benzene rings is 1. The zero-order valence-corrected chi connectivity index (χ0v) is 14.9. The molecule has 0 amide bonds. The molecule has 1 saturated heterocycles. The molecule has 1 heterocycles. The smallest absolute Gasteiger partial charge is 0.312 e. The van der Waals surface area contributed by atoms with Crippen LogP contribution in [0, 0.1) is 11.8 Å². The molecule has 0 spiro atoms. The summed E-state index contributed by atoms with van der Waals surface area (Å²) in [6.07, 6.45) is -0.675. The van der Waals surface area contributed by atoms with Gasteiger partial charge in [-0.25, -0.2) is 0 Å². The van der Waals surface area contributed by atoms with Crippen LogP contribution in [-0.2, 0) is 23.8 Å². The first-order valence-corrected chi connectivity index (χ1v) is 8.23. The Morgan fingerprint density at radius 3 is 2.33 bits per heavy atom. The lowest BCUT2D eigenvalue weighted by atomic mass is 9.85. The monoisotopic (exact) mass is 334 g/mol. The average molecular weight is 334 g/mol. The van der Waals surface area contributed by atoms with E-state index in [1.54, 1.807) is 0 Å². The lowest BCUT2D eigenvalue weighted by molar-refractivity contribution is -0.163. The number of methoxy groups -OCH3 is 1. The molecule has 5 nitrogen and oxygen atoms in total. The summed E-state index contributed by atoms with van der Waals surface area (Å²) in [5.74, 6) is -1.25. The minimum Gasteiger partial charge on any atom is -0.469 e. The summed E-state index contributed by atoms with van der Waals surface area (Å²) in [6.45, 7) is 7.45. The standard InChI is InChI=1S/C19H26O5/c1-12-14(11-15(20)22-5)23-17(13-9-7-6-8-10-13)16(12)18(21)24-19(2,3)4/h6-10,12,14,16-17H,11H2,1-5H3/t12-,14-,16+,17+/m0/s1. The summed E-state index contributed by atoms with van der Waals surface area (Å²) < 4.78 is 16.4. The fourth-order valence-electron chi connectivity index (χ4n) is 3.02. The van der Waals surface area contributed by atoms with Gasteiger partial charge in [-0.15, -0.1) is 0 Å². The first-order valence-electron chi connectivity index (χ1n) is 8.23. The third-order valence-electron chi connectivity index (χ3n) is 4.20. The van der Waals surface area contributed by atoms with Crippen LogP contribution in [0.4, 0.5) is 0 Å². The van der Waals surface area contributed by atoms with Gasteiger partial charge in [-0.05, 0) is 32.3 Å². The molecule has 24 heavy (non-hydrogen) atoms. The van der Waals surface area contributed by atoms with Gasteiger partial charge in [-0.3, -0.25) is 9.59 Å². The van der Waals surface area contributed by atoms with E-state index in [0.29, 0.717) is 0 Å². The van der Waals surface area contributed by atoms with Crippen LogP contribution in [0.3, 0.4) is 0 Å². The van der Waals surface area contributed by atoms with Crippen molar-refractivity contribution in [2.75, 3.05) is 7.11 Å². The SMILES string of the molecule is COC(=O)C[C@@H]1O[C@H](c2ccccc2)[C@H](C(=O)OC(C)(C)C)[C@H]1C. The van der Waals surface area contributed by atoms with Gasteiger partial charge in [-0.1, -0.05) is 37.3 Å². The molecule has 1 aromatic carbocycles. The van der Waals surface area contributed by atoms with Crippen LogP contribution in [0.1, 0.15) is 45.8 Å². The number of rotatable bonds is 4. The molecule has 132 valence electrons. The molecule has 0 bridgehead atoms. The second-order valence-electron chi connectivity index (χ2n) is 7.20. The Hall–Kier alpha value is -1.88. The Bertz CT molecular complexity index is 575. The molecule has 2 rings (SSSR count). The zero-order chi connectivity index (χ0) is 17.9. The number of hydrogen-bond donors (Lipinski definition) is 0. The predicted octanol–water partition coefficient (Wildman–Crippen LogP) is 3.28. The van der Waals surface area contributed by atoms with E-state index in [0.717, 1.165) is 5.56 Å².